The smallest absolute Gasteiger partial charge is 0.258 e. The number of carbonyl (C=O) groups excluding carboxylic acids is 1. The summed E-state index contributed by atoms with van der Waals surface area (Å²) in [6, 6.07) is 10.4. The van der Waals surface area contributed by atoms with Gasteiger partial charge in [-0.05, 0) is 55.3 Å². The Morgan fingerprint density at radius 3 is 2.60 bits per heavy atom. The summed E-state index contributed by atoms with van der Waals surface area (Å²) in [5, 5.41) is 0. The molecule has 0 aliphatic carbocycles. The standard InChI is InChI=1S/C21H23BrN2O5S/c1-14-11-16-12-17(22)4-5-18(16)24(14)21(25)15-3-6-19(28-2)20(13-15)30(26,27)23-7-9-29-10-8-23/h3-6,12-14H,7-11H2,1-2H3/t14-/m1/s1. The highest BCUT2D eigenvalue weighted by atomic mass is 79.9. The van der Waals surface area contributed by atoms with Gasteiger partial charge in [0.2, 0.25) is 10.0 Å². The van der Waals surface area contributed by atoms with Crippen LogP contribution in [0.15, 0.2) is 45.8 Å². The van der Waals surface area contributed by atoms with Gasteiger partial charge in [-0.25, -0.2) is 8.42 Å². The molecule has 1 fully saturated rings. The molecule has 0 N–H and O–H groups in total. The van der Waals surface area contributed by atoms with Crippen molar-refractivity contribution in [1.29, 1.82) is 0 Å². The topological polar surface area (TPSA) is 76.2 Å². The highest BCUT2D eigenvalue weighted by Crippen LogP contribution is 2.36. The van der Waals surface area contributed by atoms with Crippen LogP contribution in [0.1, 0.15) is 22.8 Å². The number of hydrogen-bond acceptors (Lipinski definition) is 5. The maximum absolute atomic E-state index is 13.4. The van der Waals surface area contributed by atoms with Gasteiger partial charge in [-0.15, -0.1) is 0 Å². The number of carbonyl (C=O) groups is 1. The summed E-state index contributed by atoms with van der Waals surface area (Å²) in [6.45, 7) is 3.22. The van der Waals surface area contributed by atoms with E-state index in [-0.39, 0.29) is 35.7 Å². The van der Waals surface area contributed by atoms with Crippen molar-refractivity contribution in [2.75, 3.05) is 38.3 Å². The van der Waals surface area contributed by atoms with E-state index in [2.05, 4.69) is 15.9 Å². The van der Waals surface area contributed by atoms with Crippen LogP contribution >= 0.6 is 15.9 Å². The van der Waals surface area contributed by atoms with Gasteiger partial charge >= 0.3 is 0 Å². The Morgan fingerprint density at radius 1 is 1.17 bits per heavy atom. The van der Waals surface area contributed by atoms with E-state index in [1.165, 1.54) is 17.5 Å². The second-order valence-electron chi connectivity index (χ2n) is 7.38. The Bertz CT molecular complexity index is 1080. The van der Waals surface area contributed by atoms with Crippen molar-refractivity contribution in [2.24, 2.45) is 0 Å². The Hall–Kier alpha value is -1.94. The first kappa shape index (κ1) is 21.3. The molecule has 9 heteroatoms. The first-order valence-electron chi connectivity index (χ1n) is 9.71. The van der Waals surface area contributed by atoms with Crippen LogP contribution in [0.2, 0.25) is 0 Å². The fourth-order valence-electron chi connectivity index (χ4n) is 3.99. The SMILES string of the molecule is COc1ccc(C(=O)N2c3ccc(Br)cc3C[C@H]2C)cc1S(=O)(=O)N1CCOCC1. The number of rotatable bonds is 4. The van der Waals surface area contributed by atoms with E-state index in [0.717, 1.165) is 22.1 Å². The molecule has 0 aromatic heterocycles. The molecule has 1 saturated heterocycles. The highest BCUT2D eigenvalue weighted by molar-refractivity contribution is 9.10. The van der Waals surface area contributed by atoms with Crippen molar-refractivity contribution in [1.82, 2.24) is 4.31 Å². The summed E-state index contributed by atoms with van der Waals surface area (Å²) >= 11 is 3.47. The van der Waals surface area contributed by atoms with Crippen LogP contribution < -0.4 is 9.64 Å². The van der Waals surface area contributed by atoms with Crippen LogP contribution in [0.5, 0.6) is 5.75 Å². The van der Waals surface area contributed by atoms with Gasteiger partial charge in [0.1, 0.15) is 10.6 Å². The van der Waals surface area contributed by atoms with E-state index in [0.29, 0.717) is 18.8 Å². The van der Waals surface area contributed by atoms with E-state index in [9.17, 15) is 13.2 Å². The zero-order chi connectivity index (χ0) is 21.5. The fraction of sp³-hybridized carbons (Fsp3) is 0.381. The minimum atomic E-state index is -3.81. The van der Waals surface area contributed by atoms with Crippen LogP contribution in [-0.4, -0.2) is 58.1 Å². The van der Waals surface area contributed by atoms with Gasteiger partial charge in [-0.3, -0.25) is 4.79 Å². The lowest BCUT2D eigenvalue weighted by molar-refractivity contribution is 0.0729. The zero-order valence-corrected chi connectivity index (χ0v) is 19.2. The second-order valence-corrected chi connectivity index (χ2v) is 10.2. The number of ether oxygens (including phenoxy) is 2. The average molecular weight is 495 g/mol. The van der Waals surface area contributed by atoms with Gasteiger partial charge in [0.15, 0.2) is 0 Å². The monoisotopic (exact) mass is 494 g/mol. The highest BCUT2D eigenvalue weighted by Gasteiger charge is 2.34. The lowest BCUT2D eigenvalue weighted by atomic mass is 10.1. The predicted octanol–water partition coefficient (Wildman–Crippen LogP) is 3.07. The fourth-order valence-corrected chi connectivity index (χ4v) is 5.98. The summed E-state index contributed by atoms with van der Waals surface area (Å²) in [5.41, 5.74) is 2.24. The van der Waals surface area contributed by atoms with E-state index in [1.54, 1.807) is 17.0 Å². The molecule has 0 unspecified atom stereocenters. The molecule has 4 rings (SSSR count). The number of nitrogens with zero attached hydrogens (tertiary/aromatic N) is 2. The number of methoxy groups -OCH3 is 1. The lowest BCUT2D eigenvalue weighted by Gasteiger charge is -2.27. The largest absolute Gasteiger partial charge is 0.495 e. The van der Waals surface area contributed by atoms with Crippen molar-refractivity contribution in [3.8, 4) is 5.75 Å². The number of halogens is 1. The predicted molar refractivity (Wildman–Crippen MR) is 117 cm³/mol. The molecule has 2 aromatic rings. The van der Waals surface area contributed by atoms with Crippen LogP contribution in [0.3, 0.4) is 0 Å². The first-order chi connectivity index (χ1) is 14.3. The molecule has 0 bridgehead atoms. The van der Waals surface area contributed by atoms with Crippen LogP contribution in [0, 0.1) is 0 Å². The Balaban J connectivity index is 1.72. The molecule has 160 valence electrons. The third kappa shape index (κ3) is 3.75. The van der Waals surface area contributed by atoms with Gasteiger partial charge in [0.05, 0.1) is 20.3 Å². The molecule has 2 aromatic carbocycles. The van der Waals surface area contributed by atoms with Gasteiger partial charge in [-0.2, -0.15) is 4.31 Å². The van der Waals surface area contributed by atoms with Gasteiger partial charge < -0.3 is 14.4 Å². The molecule has 0 spiro atoms. The minimum absolute atomic E-state index is 0.000583. The molecule has 1 atom stereocenters. The lowest BCUT2D eigenvalue weighted by Crippen LogP contribution is -2.41. The number of amides is 1. The van der Waals surface area contributed by atoms with Crippen LogP contribution in [0.25, 0.3) is 0 Å². The van der Waals surface area contributed by atoms with Crippen molar-refractivity contribution in [2.45, 2.75) is 24.3 Å². The Labute approximate surface area is 184 Å². The number of fused-ring (bicyclic) bond motifs is 1. The Morgan fingerprint density at radius 2 is 1.90 bits per heavy atom. The van der Waals surface area contributed by atoms with Crippen molar-refractivity contribution < 1.29 is 22.7 Å². The summed E-state index contributed by atoms with van der Waals surface area (Å²) in [5.74, 6) is -0.0125. The quantitative estimate of drug-likeness (QED) is 0.652. The van der Waals surface area contributed by atoms with E-state index < -0.39 is 10.0 Å². The number of hydrogen-bond donors (Lipinski definition) is 0. The zero-order valence-electron chi connectivity index (χ0n) is 16.8. The second kappa shape index (κ2) is 8.30. The molecule has 0 radical (unpaired) electrons. The van der Waals surface area contributed by atoms with E-state index >= 15 is 0 Å². The maximum atomic E-state index is 13.4. The molecular weight excluding hydrogens is 472 g/mol. The Kier molecular flexibility index (Phi) is 5.89. The summed E-state index contributed by atoms with van der Waals surface area (Å²) in [7, 11) is -2.39. The summed E-state index contributed by atoms with van der Waals surface area (Å²) in [4.78, 5) is 15.1. The van der Waals surface area contributed by atoms with Crippen LogP contribution in [-0.2, 0) is 21.2 Å². The van der Waals surface area contributed by atoms with E-state index in [4.69, 9.17) is 9.47 Å². The molecule has 30 heavy (non-hydrogen) atoms. The van der Waals surface area contributed by atoms with Gasteiger partial charge in [0, 0.05) is 34.9 Å². The number of sulfonamides is 1. The normalized spacial score (nSPS) is 19.6. The molecule has 7 nitrogen and oxygen atoms in total. The third-order valence-corrected chi connectivity index (χ3v) is 7.89. The molecule has 1 amide bonds. The number of benzene rings is 2. The summed E-state index contributed by atoms with van der Waals surface area (Å²) < 4.78 is 39.4. The molecule has 2 aliphatic heterocycles. The number of morpholine rings is 1. The van der Waals surface area contributed by atoms with Crippen molar-refractivity contribution in [3.63, 3.8) is 0 Å². The molecular formula is C21H23BrN2O5S. The van der Waals surface area contributed by atoms with Gasteiger partial charge in [0.25, 0.3) is 5.91 Å². The maximum Gasteiger partial charge on any atom is 0.258 e. The van der Waals surface area contributed by atoms with Gasteiger partial charge in [-0.1, -0.05) is 15.9 Å². The molecule has 2 aliphatic rings. The molecule has 2 heterocycles. The number of anilines is 1. The average Bonchev–Trinajstić information content (AvgIpc) is 3.08. The van der Waals surface area contributed by atoms with Crippen LogP contribution in [0.4, 0.5) is 5.69 Å². The van der Waals surface area contributed by atoms with Crippen molar-refractivity contribution >= 4 is 37.5 Å². The molecule has 0 saturated carbocycles. The van der Waals surface area contributed by atoms with E-state index in [1.807, 2.05) is 25.1 Å². The first-order valence-corrected chi connectivity index (χ1v) is 11.9. The third-order valence-electron chi connectivity index (χ3n) is 5.47. The van der Waals surface area contributed by atoms with Crippen molar-refractivity contribution in [3.05, 3.63) is 52.0 Å². The minimum Gasteiger partial charge on any atom is -0.495 e. The summed E-state index contributed by atoms with van der Waals surface area (Å²) in [6.07, 6.45) is 0.746.